The summed E-state index contributed by atoms with van der Waals surface area (Å²) in [6, 6.07) is 14.0. The van der Waals surface area contributed by atoms with Crippen LogP contribution in [0.2, 0.25) is 0 Å². The van der Waals surface area contributed by atoms with E-state index in [1.54, 1.807) is 94.4 Å². The molecule has 0 heterocycles. The highest BCUT2D eigenvalue weighted by Gasteiger charge is 2.18. The van der Waals surface area contributed by atoms with Crippen LogP contribution in [-0.2, 0) is 23.7 Å². The van der Waals surface area contributed by atoms with E-state index in [1.165, 1.54) is 62.4 Å². The molecule has 5 nitrogen and oxygen atoms in total. The van der Waals surface area contributed by atoms with Gasteiger partial charge < -0.3 is 23.7 Å². The van der Waals surface area contributed by atoms with Gasteiger partial charge in [-0.15, -0.1) is 0 Å². The van der Waals surface area contributed by atoms with Gasteiger partial charge in [0.1, 0.15) is 0 Å². The highest BCUT2D eigenvalue weighted by molar-refractivity contribution is 8.02. The van der Waals surface area contributed by atoms with E-state index in [2.05, 4.69) is 43.3 Å². The van der Waals surface area contributed by atoms with Crippen LogP contribution < -0.4 is 0 Å². The second-order valence-electron chi connectivity index (χ2n) is 8.61. The first-order valence-corrected chi connectivity index (χ1v) is 17.1. The van der Waals surface area contributed by atoms with Crippen molar-refractivity contribution in [2.24, 2.45) is 0 Å². The fourth-order valence-electron chi connectivity index (χ4n) is 4.36. The lowest BCUT2D eigenvalue weighted by Gasteiger charge is -2.19. The van der Waals surface area contributed by atoms with E-state index in [0.29, 0.717) is 29.7 Å². The predicted molar refractivity (Wildman–Crippen MR) is 172 cm³/mol. The summed E-state index contributed by atoms with van der Waals surface area (Å²) in [6.07, 6.45) is 0. The predicted octanol–water partition coefficient (Wildman–Crippen LogP) is 8.93. The molecule has 0 spiro atoms. The van der Waals surface area contributed by atoms with Crippen molar-refractivity contribution in [3.05, 3.63) is 42.0 Å². The lowest BCUT2D eigenvalue weighted by atomic mass is 9.93. The number of hydrogen-bond donors (Lipinski definition) is 0. The Balaban J connectivity index is 2.10. The molecule has 0 aromatic heterocycles. The molecule has 0 N–H and O–H groups in total. The van der Waals surface area contributed by atoms with Crippen LogP contribution in [0.1, 0.15) is 5.56 Å². The van der Waals surface area contributed by atoms with Crippen molar-refractivity contribution in [3.8, 4) is 0 Å². The molecule has 0 saturated heterocycles. The third-order valence-corrected chi connectivity index (χ3v) is 11.4. The van der Waals surface area contributed by atoms with Crippen LogP contribution >= 0.6 is 58.8 Å². The number of thioether (sulfide) groups is 5. The first-order chi connectivity index (χ1) is 19.1. The molecule has 0 amide bonds. The molecule has 10 heteroatoms. The van der Waals surface area contributed by atoms with Gasteiger partial charge in [0.2, 0.25) is 0 Å². The first kappa shape index (κ1) is 31.2. The summed E-state index contributed by atoms with van der Waals surface area (Å²) >= 11 is 8.57. The molecule has 0 saturated carbocycles. The van der Waals surface area contributed by atoms with E-state index >= 15 is 0 Å². The SMILES string of the molecule is COCSc1cc2c(cc1C)c1cc(SCOC)c(SCOC)cc1c1cc(SCOC)c(SCOC)cc21. The molecule has 0 bridgehead atoms. The summed E-state index contributed by atoms with van der Waals surface area (Å²) in [5.41, 5.74) is 1.25. The number of ether oxygens (including phenoxy) is 5. The Bertz CT molecular complexity index is 1380. The van der Waals surface area contributed by atoms with Crippen LogP contribution in [0.15, 0.2) is 60.9 Å². The lowest BCUT2D eigenvalue weighted by molar-refractivity contribution is 0.258. The van der Waals surface area contributed by atoms with Gasteiger partial charge in [0.15, 0.2) is 0 Å². The average molecular weight is 623 g/mol. The fourth-order valence-corrected chi connectivity index (χ4v) is 8.39. The smallest absolute Gasteiger partial charge is 0.0963 e. The zero-order valence-electron chi connectivity index (χ0n) is 23.1. The number of fused-ring (bicyclic) bond motifs is 6. The van der Waals surface area contributed by atoms with Gasteiger partial charge in [-0.25, -0.2) is 0 Å². The van der Waals surface area contributed by atoms with Gasteiger partial charge in [0.25, 0.3) is 0 Å². The van der Waals surface area contributed by atoms with E-state index in [-0.39, 0.29) is 0 Å². The van der Waals surface area contributed by atoms with Crippen LogP contribution in [-0.4, -0.2) is 65.2 Å². The summed E-state index contributed by atoms with van der Waals surface area (Å²) in [5.74, 6) is 2.96. The van der Waals surface area contributed by atoms with Crippen molar-refractivity contribution in [2.75, 3.05) is 65.2 Å². The second kappa shape index (κ2) is 15.4. The third-order valence-electron chi connectivity index (χ3n) is 6.01. The Hall–Kier alpha value is -0.790. The van der Waals surface area contributed by atoms with Crippen molar-refractivity contribution in [1.29, 1.82) is 0 Å². The Morgan fingerprint density at radius 2 is 0.615 bits per heavy atom. The first-order valence-electron chi connectivity index (χ1n) is 12.2. The quantitative estimate of drug-likeness (QED) is 0.0729. The molecule has 0 radical (unpaired) electrons. The van der Waals surface area contributed by atoms with Gasteiger partial charge in [0.05, 0.1) is 29.7 Å². The standard InChI is InChI=1S/C29H34O5S5/c1-18-7-19-20(8-25(18)35-13-30-2)22-10-27(37-15-32-4)29(39-17-34-6)12-24(22)23-11-28(38-16-33-5)26(9-21(19)23)36-14-31-3/h7-12H,13-17H2,1-6H3. The minimum atomic E-state index is 0.585. The second-order valence-corrected chi connectivity index (χ2v) is 13.4. The van der Waals surface area contributed by atoms with Gasteiger partial charge in [-0.05, 0) is 81.2 Å². The normalized spacial score (nSPS) is 11.8. The van der Waals surface area contributed by atoms with E-state index in [9.17, 15) is 0 Å². The van der Waals surface area contributed by atoms with E-state index in [0.717, 1.165) is 0 Å². The summed E-state index contributed by atoms with van der Waals surface area (Å²) in [4.78, 5) is 6.01. The van der Waals surface area contributed by atoms with Crippen molar-refractivity contribution in [3.63, 3.8) is 0 Å². The van der Waals surface area contributed by atoms with Crippen LogP contribution in [0.3, 0.4) is 0 Å². The Labute approximate surface area is 252 Å². The number of rotatable bonds is 15. The van der Waals surface area contributed by atoms with Crippen LogP contribution in [0.25, 0.3) is 32.3 Å². The van der Waals surface area contributed by atoms with Gasteiger partial charge in [-0.3, -0.25) is 0 Å². The Kier molecular flexibility index (Phi) is 12.3. The molecule has 4 rings (SSSR count). The maximum Gasteiger partial charge on any atom is 0.0963 e. The minimum Gasteiger partial charge on any atom is -0.374 e. The van der Waals surface area contributed by atoms with Gasteiger partial charge in [0, 0.05) is 60.0 Å². The zero-order valence-corrected chi connectivity index (χ0v) is 27.2. The number of methoxy groups -OCH3 is 5. The molecule has 0 unspecified atom stereocenters. The van der Waals surface area contributed by atoms with Gasteiger partial charge in [-0.1, -0.05) is 58.8 Å². The van der Waals surface area contributed by atoms with Crippen molar-refractivity contribution in [1.82, 2.24) is 0 Å². The monoisotopic (exact) mass is 622 g/mol. The minimum absolute atomic E-state index is 0.585. The van der Waals surface area contributed by atoms with Crippen molar-refractivity contribution < 1.29 is 23.7 Å². The summed E-state index contributed by atoms with van der Waals surface area (Å²) < 4.78 is 27.1. The van der Waals surface area contributed by atoms with Crippen molar-refractivity contribution in [2.45, 2.75) is 31.4 Å². The average Bonchev–Trinajstić information content (AvgIpc) is 2.95. The molecule has 0 fully saturated rings. The molecular formula is C29H34O5S5. The molecule has 0 aliphatic carbocycles. The Morgan fingerprint density at radius 3 is 0.897 bits per heavy atom. The zero-order chi connectivity index (χ0) is 27.8. The summed E-state index contributed by atoms with van der Waals surface area (Å²) in [6.45, 7) is 2.18. The van der Waals surface area contributed by atoms with Gasteiger partial charge in [-0.2, -0.15) is 0 Å². The fraction of sp³-hybridized carbons (Fsp3) is 0.379. The molecule has 0 aliphatic heterocycles. The van der Waals surface area contributed by atoms with Crippen LogP contribution in [0, 0.1) is 6.92 Å². The molecule has 39 heavy (non-hydrogen) atoms. The van der Waals surface area contributed by atoms with E-state index in [1.807, 2.05) is 0 Å². The van der Waals surface area contributed by atoms with Crippen LogP contribution in [0.4, 0.5) is 0 Å². The summed E-state index contributed by atoms with van der Waals surface area (Å²) in [5, 5.41) is 7.43. The highest BCUT2D eigenvalue weighted by atomic mass is 32.2. The largest absolute Gasteiger partial charge is 0.374 e. The topological polar surface area (TPSA) is 46.2 Å². The molecule has 0 atom stereocenters. The maximum atomic E-state index is 5.43. The van der Waals surface area contributed by atoms with E-state index in [4.69, 9.17) is 23.7 Å². The van der Waals surface area contributed by atoms with Crippen molar-refractivity contribution >= 4 is 91.1 Å². The number of benzene rings is 4. The molecule has 0 aliphatic rings. The molecule has 4 aromatic carbocycles. The van der Waals surface area contributed by atoms with Gasteiger partial charge >= 0.3 is 0 Å². The number of aryl methyl sites for hydroxylation is 1. The molecular weight excluding hydrogens is 589 g/mol. The third kappa shape index (κ3) is 7.35. The summed E-state index contributed by atoms with van der Waals surface area (Å²) in [7, 11) is 8.68. The molecule has 4 aromatic rings. The molecule has 210 valence electrons. The lowest BCUT2D eigenvalue weighted by Crippen LogP contribution is -1.94. The maximum absolute atomic E-state index is 5.43. The van der Waals surface area contributed by atoms with Crippen LogP contribution in [0.5, 0.6) is 0 Å². The number of hydrogen-bond acceptors (Lipinski definition) is 10. The Morgan fingerprint density at radius 1 is 0.385 bits per heavy atom. The van der Waals surface area contributed by atoms with E-state index < -0.39 is 0 Å². The highest BCUT2D eigenvalue weighted by Crippen LogP contribution is 2.45.